The van der Waals surface area contributed by atoms with Crippen molar-refractivity contribution < 1.29 is 4.79 Å². The van der Waals surface area contributed by atoms with Crippen LogP contribution in [-0.4, -0.2) is 30.3 Å². The van der Waals surface area contributed by atoms with Crippen LogP contribution in [0.5, 0.6) is 0 Å². The molecule has 1 saturated heterocycles. The second kappa shape index (κ2) is 12.2. The second-order valence-electron chi connectivity index (χ2n) is 6.91. The smallest absolute Gasteiger partial charge is 0.133 e. The Balaban J connectivity index is 1.84. The molecule has 0 aliphatic carbocycles. The van der Waals surface area contributed by atoms with E-state index in [2.05, 4.69) is 11.8 Å². The maximum Gasteiger partial charge on any atom is 0.133 e. The number of rotatable bonds is 12. The molecule has 124 valence electrons. The van der Waals surface area contributed by atoms with Crippen LogP contribution in [0.25, 0.3) is 0 Å². The van der Waals surface area contributed by atoms with Crippen LogP contribution in [0.15, 0.2) is 0 Å². The molecule has 0 aromatic rings. The summed E-state index contributed by atoms with van der Waals surface area (Å²) in [6.45, 7) is 7.57. The molecule has 1 rings (SSSR count). The van der Waals surface area contributed by atoms with Gasteiger partial charge < -0.3 is 4.90 Å². The average Bonchev–Trinajstić information content (AvgIpc) is 2.49. The third-order valence-corrected chi connectivity index (χ3v) is 4.99. The highest BCUT2D eigenvalue weighted by Gasteiger charge is 2.21. The normalized spacial score (nSPS) is 17.2. The number of ketones is 1. The number of carbonyl (C=O) groups is 1. The van der Waals surface area contributed by atoms with E-state index < -0.39 is 0 Å². The lowest BCUT2D eigenvalue weighted by molar-refractivity contribution is -0.122. The number of carbonyl (C=O) groups excluding carboxylic acids is 1. The minimum Gasteiger partial charge on any atom is -0.303 e. The third kappa shape index (κ3) is 9.29. The zero-order valence-corrected chi connectivity index (χ0v) is 14.5. The van der Waals surface area contributed by atoms with Gasteiger partial charge in [0, 0.05) is 5.92 Å². The summed E-state index contributed by atoms with van der Waals surface area (Å²) < 4.78 is 0. The molecule has 21 heavy (non-hydrogen) atoms. The van der Waals surface area contributed by atoms with E-state index in [9.17, 15) is 4.79 Å². The van der Waals surface area contributed by atoms with Gasteiger partial charge in [0.25, 0.3) is 0 Å². The maximum absolute atomic E-state index is 11.3. The van der Waals surface area contributed by atoms with E-state index in [1.54, 1.807) is 6.92 Å². The molecule has 0 unspecified atom stereocenters. The number of nitrogens with zero attached hydrogens (tertiary/aromatic N) is 1. The number of likely N-dealkylation sites (tertiary alicyclic amines) is 1. The third-order valence-electron chi connectivity index (χ3n) is 4.99. The lowest BCUT2D eigenvalue weighted by Gasteiger charge is -2.30. The lowest BCUT2D eigenvalue weighted by Crippen LogP contribution is -2.36. The monoisotopic (exact) mass is 295 g/mol. The first kappa shape index (κ1) is 18.7. The Kier molecular flexibility index (Phi) is 10.9. The van der Waals surface area contributed by atoms with E-state index in [0.717, 1.165) is 25.9 Å². The van der Waals surface area contributed by atoms with E-state index in [1.165, 1.54) is 70.8 Å². The highest BCUT2D eigenvalue weighted by molar-refractivity contribution is 5.78. The Morgan fingerprint density at radius 1 is 0.857 bits per heavy atom. The van der Waals surface area contributed by atoms with Gasteiger partial charge in [-0.1, -0.05) is 64.7 Å². The van der Waals surface area contributed by atoms with Crippen molar-refractivity contribution in [1.29, 1.82) is 0 Å². The van der Waals surface area contributed by atoms with Gasteiger partial charge in [0.1, 0.15) is 5.78 Å². The largest absolute Gasteiger partial charge is 0.303 e. The predicted molar refractivity (Wildman–Crippen MR) is 91.7 cm³/mol. The van der Waals surface area contributed by atoms with Gasteiger partial charge in [-0.25, -0.2) is 0 Å². The Bertz CT molecular complexity index is 256. The van der Waals surface area contributed by atoms with Gasteiger partial charge in [-0.2, -0.15) is 0 Å². The first-order valence-corrected chi connectivity index (χ1v) is 9.47. The van der Waals surface area contributed by atoms with Gasteiger partial charge in [-0.05, 0) is 45.8 Å². The SMILES string of the molecule is CCCCCCCCCCCCN1CCC(C(C)=O)CC1. The quantitative estimate of drug-likeness (QED) is 0.461. The summed E-state index contributed by atoms with van der Waals surface area (Å²) in [6, 6.07) is 0. The Morgan fingerprint density at radius 3 is 1.81 bits per heavy atom. The van der Waals surface area contributed by atoms with Crippen LogP contribution in [0.3, 0.4) is 0 Å². The van der Waals surface area contributed by atoms with Crippen LogP contribution < -0.4 is 0 Å². The van der Waals surface area contributed by atoms with Crippen LogP contribution in [-0.2, 0) is 4.79 Å². The number of unbranched alkanes of at least 4 members (excludes halogenated alkanes) is 9. The number of piperidine rings is 1. The summed E-state index contributed by atoms with van der Waals surface area (Å²) in [5.41, 5.74) is 0. The topological polar surface area (TPSA) is 20.3 Å². The highest BCUT2D eigenvalue weighted by atomic mass is 16.1. The molecular formula is C19H37NO. The lowest BCUT2D eigenvalue weighted by atomic mass is 9.93. The molecule has 0 aromatic heterocycles. The van der Waals surface area contributed by atoms with E-state index in [-0.39, 0.29) is 0 Å². The molecule has 0 atom stereocenters. The number of hydrogen-bond acceptors (Lipinski definition) is 2. The zero-order valence-electron chi connectivity index (χ0n) is 14.5. The van der Waals surface area contributed by atoms with E-state index in [1.807, 2.05) is 0 Å². The van der Waals surface area contributed by atoms with Gasteiger partial charge in [0.15, 0.2) is 0 Å². The molecule has 0 spiro atoms. The summed E-state index contributed by atoms with van der Waals surface area (Å²) in [4.78, 5) is 13.9. The van der Waals surface area contributed by atoms with Crippen molar-refractivity contribution in [2.75, 3.05) is 19.6 Å². The molecule has 1 aliphatic rings. The number of hydrogen-bond donors (Lipinski definition) is 0. The molecule has 0 N–H and O–H groups in total. The van der Waals surface area contributed by atoms with Crippen LogP contribution in [0, 0.1) is 5.92 Å². The molecule has 0 aromatic carbocycles. The van der Waals surface area contributed by atoms with Crippen LogP contribution in [0.2, 0.25) is 0 Å². The molecular weight excluding hydrogens is 258 g/mol. The molecule has 0 bridgehead atoms. The molecule has 1 aliphatic heterocycles. The van der Waals surface area contributed by atoms with Crippen molar-refractivity contribution in [2.24, 2.45) is 5.92 Å². The van der Waals surface area contributed by atoms with Crippen molar-refractivity contribution >= 4 is 5.78 Å². The molecule has 0 saturated carbocycles. The summed E-state index contributed by atoms with van der Waals surface area (Å²) in [7, 11) is 0. The van der Waals surface area contributed by atoms with E-state index in [4.69, 9.17) is 0 Å². The summed E-state index contributed by atoms with van der Waals surface area (Å²) >= 11 is 0. The fraction of sp³-hybridized carbons (Fsp3) is 0.947. The average molecular weight is 296 g/mol. The molecule has 2 nitrogen and oxygen atoms in total. The maximum atomic E-state index is 11.3. The van der Waals surface area contributed by atoms with Crippen molar-refractivity contribution in [3.8, 4) is 0 Å². The van der Waals surface area contributed by atoms with Crippen molar-refractivity contribution in [3.63, 3.8) is 0 Å². The number of Topliss-reactive ketones (excluding diaryl/α,β-unsaturated/α-hetero) is 1. The Labute approximate surface area is 132 Å². The van der Waals surface area contributed by atoms with Crippen molar-refractivity contribution in [3.05, 3.63) is 0 Å². The van der Waals surface area contributed by atoms with Gasteiger partial charge >= 0.3 is 0 Å². The van der Waals surface area contributed by atoms with Gasteiger partial charge in [0.05, 0.1) is 0 Å². The van der Waals surface area contributed by atoms with Gasteiger partial charge in [-0.15, -0.1) is 0 Å². The summed E-state index contributed by atoms with van der Waals surface area (Å²) in [5, 5.41) is 0. The minimum atomic E-state index is 0.356. The molecule has 1 heterocycles. The van der Waals surface area contributed by atoms with E-state index in [0.29, 0.717) is 11.7 Å². The molecule has 0 radical (unpaired) electrons. The first-order chi connectivity index (χ1) is 10.2. The van der Waals surface area contributed by atoms with Gasteiger partial charge in [-0.3, -0.25) is 4.79 Å². The fourth-order valence-electron chi connectivity index (χ4n) is 3.39. The summed E-state index contributed by atoms with van der Waals surface area (Å²) in [6.07, 6.45) is 16.3. The van der Waals surface area contributed by atoms with Crippen LogP contribution in [0.1, 0.15) is 90.9 Å². The Hall–Kier alpha value is -0.370. The molecule has 2 heteroatoms. The minimum absolute atomic E-state index is 0.356. The van der Waals surface area contributed by atoms with Crippen molar-refractivity contribution in [1.82, 2.24) is 4.90 Å². The zero-order chi connectivity index (χ0) is 15.3. The van der Waals surface area contributed by atoms with Crippen LogP contribution in [0.4, 0.5) is 0 Å². The predicted octanol–water partition coefficient (Wildman–Crippen LogP) is 5.21. The van der Waals surface area contributed by atoms with Gasteiger partial charge in [0.2, 0.25) is 0 Å². The second-order valence-corrected chi connectivity index (χ2v) is 6.91. The van der Waals surface area contributed by atoms with Crippen LogP contribution >= 0.6 is 0 Å². The highest BCUT2D eigenvalue weighted by Crippen LogP contribution is 2.18. The Morgan fingerprint density at radius 2 is 1.33 bits per heavy atom. The fourth-order valence-corrected chi connectivity index (χ4v) is 3.39. The first-order valence-electron chi connectivity index (χ1n) is 9.47. The molecule has 1 fully saturated rings. The van der Waals surface area contributed by atoms with Crippen molar-refractivity contribution in [2.45, 2.75) is 90.9 Å². The standard InChI is InChI=1S/C19H37NO/c1-3-4-5-6-7-8-9-10-11-12-15-20-16-13-19(14-17-20)18(2)21/h19H,3-17H2,1-2H3. The van der Waals surface area contributed by atoms with E-state index >= 15 is 0 Å². The molecule has 0 amide bonds. The summed E-state index contributed by atoms with van der Waals surface area (Å²) in [5.74, 6) is 0.752.